The Bertz CT molecular complexity index is 766. The van der Waals surface area contributed by atoms with Crippen molar-refractivity contribution in [3.8, 4) is 11.5 Å². The normalized spacial score (nSPS) is 11.1. The Kier molecular flexibility index (Phi) is 12.3. The second-order valence-corrected chi connectivity index (χ2v) is 8.07. The molecule has 0 aliphatic heterocycles. The van der Waals surface area contributed by atoms with E-state index in [-0.39, 0.29) is 5.91 Å². The summed E-state index contributed by atoms with van der Waals surface area (Å²) in [7, 11) is 0. The lowest BCUT2D eigenvalue weighted by atomic mass is 10.2. The van der Waals surface area contributed by atoms with Crippen LogP contribution in [-0.2, 0) is 4.79 Å². The number of hydrogen-bond acceptors (Lipinski definition) is 5. The molecule has 0 unspecified atom stereocenters. The number of nitrogens with one attached hydrogen (secondary N) is 1. The fourth-order valence-corrected chi connectivity index (χ4v) is 3.50. The van der Waals surface area contributed by atoms with Crippen LogP contribution in [0.25, 0.3) is 6.08 Å². The maximum absolute atomic E-state index is 11.9. The number of hydrogen-bond donors (Lipinski definition) is 1. The molecular formula is C25H34N2O3S. The number of nitrogens with zero attached hydrogens (tertiary/aromatic N) is 1. The minimum atomic E-state index is -0.0199. The molecule has 0 heterocycles. The molecule has 2 aromatic carbocycles. The SMILES string of the molecule is CCCN(CC)CCOc1ccc(/C=C/NC(=O)CSCCOc2ccccc2)cc1. The van der Waals surface area contributed by atoms with Crippen molar-refractivity contribution in [3.05, 3.63) is 66.4 Å². The molecule has 1 N–H and O–H groups in total. The largest absolute Gasteiger partial charge is 0.493 e. The summed E-state index contributed by atoms with van der Waals surface area (Å²) in [6, 6.07) is 17.6. The van der Waals surface area contributed by atoms with Crippen LogP contribution in [0.2, 0.25) is 0 Å². The first kappa shape index (κ1) is 24.8. The minimum absolute atomic E-state index is 0.0199. The van der Waals surface area contributed by atoms with Gasteiger partial charge in [0, 0.05) is 18.5 Å². The van der Waals surface area contributed by atoms with Crippen molar-refractivity contribution in [1.82, 2.24) is 10.2 Å². The predicted molar refractivity (Wildman–Crippen MR) is 131 cm³/mol. The summed E-state index contributed by atoms with van der Waals surface area (Å²) >= 11 is 1.55. The summed E-state index contributed by atoms with van der Waals surface area (Å²) in [5.41, 5.74) is 1.01. The van der Waals surface area contributed by atoms with Gasteiger partial charge >= 0.3 is 0 Å². The van der Waals surface area contributed by atoms with E-state index in [1.165, 1.54) is 0 Å². The van der Waals surface area contributed by atoms with Crippen LogP contribution in [0.1, 0.15) is 25.8 Å². The van der Waals surface area contributed by atoms with Crippen molar-refractivity contribution >= 4 is 23.7 Å². The summed E-state index contributed by atoms with van der Waals surface area (Å²) in [5.74, 6) is 2.87. The smallest absolute Gasteiger partial charge is 0.233 e. The molecule has 0 saturated heterocycles. The third-order valence-corrected chi connectivity index (χ3v) is 5.46. The number of thioether (sulfide) groups is 1. The monoisotopic (exact) mass is 442 g/mol. The van der Waals surface area contributed by atoms with Crippen LogP contribution in [0.5, 0.6) is 11.5 Å². The van der Waals surface area contributed by atoms with E-state index in [1.807, 2.05) is 60.7 Å². The van der Waals surface area contributed by atoms with Crippen molar-refractivity contribution in [3.63, 3.8) is 0 Å². The van der Waals surface area contributed by atoms with E-state index >= 15 is 0 Å². The number of ether oxygens (including phenoxy) is 2. The van der Waals surface area contributed by atoms with Crippen LogP contribution in [0, 0.1) is 0 Å². The van der Waals surface area contributed by atoms with Gasteiger partial charge in [0.15, 0.2) is 0 Å². The highest BCUT2D eigenvalue weighted by Gasteiger charge is 2.02. The molecule has 5 nitrogen and oxygen atoms in total. The maximum atomic E-state index is 11.9. The number of amides is 1. The van der Waals surface area contributed by atoms with E-state index in [2.05, 4.69) is 24.1 Å². The average molecular weight is 443 g/mol. The van der Waals surface area contributed by atoms with Gasteiger partial charge in [-0.25, -0.2) is 0 Å². The van der Waals surface area contributed by atoms with Crippen molar-refractivity contribution in [2.45, 2.75) is 20.3 Å². The molecule has 2 aromatic rings. The zero-order chi connectivity index (χ0) is 22.2. The van der Waals surface area contributed by atoms with Crippen LogP contribution in [0.15, 0.2) is 60.8 Å². The van der Waals surface area contributed by atoms with Gasteiger partial charge in [0.25, 0.3) is 0 Å². The molecule has 6 heteroatoms. The van der Waals surface area contributed by atoms with E-state index in [1.54, 1.807) is 18.0 Å². The van der Waals surface area contributed by atoms with Gasteiger partial charge in [-0.05, 0) is 55.4 Å². The Morgan fingerprint density at radius 1 is 0.968 bits per heavy atom. The summed E-state index contributed by atoms with van der Waals surface area (Å²) in [5, 5.41) is 2.80. The van der Waals surface area contributed by atoms with Crippen LogP contribution in [0.4, 0.5) is 0 Å². The predicted octanol–water partition coefficient (Wildman–Crippen LogP) is 4.70. The van der Waals surface area contributed by atoms with Crippen molar-refractivity contribution in [2.75, 3.05) is 44.4 Å². The number of benzene rings is 2. The Balaban J connectivity index is 1.58. The molecular weight excluding hydrogens is 408 g/mol. The molecule has 0 fully saturated rings. The Labute approximate surface area is 190 Å². The summed E-state index contributed by atoms with van der Waals surface area (Å²) in [4.78, 5) is 14.3. The number of carbonyl (C=O) groups excluding carboxylic acids is 1. The first-order valence-electron chi connectivity index (χ1n) is 10.9. The highest BCUT2D eigenvalue weighted by Crippen LogP contribution is 2.13. The van der Waals surface area contributed by atoms with Crippen molar-refractivity contribution < 1.29 is 14.3 Å². The van der Waals surface area contributed by atoms with E-state index in [4.69, 9.17) is 9.47 Å². The molecule has 0 saturated carbocycles. The van der Waals surface area contributed by atoms with Gasteiger partial charge in [-0.3, -0.25) is 4.79 Å². The summed E-state index contributed by atoms with van der Waals surface area (Å²) < 4.78 is 11.4. The van der Waals surface area contributed by atoms with Gasteiger partial charge in [0.05, 0.1) is 12.4 Å². The molecule has 0 aliphatic carbocycles. The number of para-hydroxylation sites is 1. The van der Waals surface area contributed by atoms with E-state index in [0.29, 0.717) is 19.0 Å². The lowest BCUT2D eigenvalue weighted by Crippen LogP contribution is -2.28. The number of carbonyl (C=O) groups is 1. The Morgan fingerprint density at radius 3 is 2.39 bits per heavy atom. The zero-order valence-electron chi connectivity index (χ0n) is 18.6. The molecule has 2 rings (SSSR count). The van der Waals surface area contributed by atoms with Gasteiger partial charge in [-0.2, -0.15) is 0 Å². The summed E-state index contributed by atoms with van der Waals surface area (Å²) in [6.07, 6.45) is 4.72. The zero-order valence-corrected chi connectivity index (χ0v) is 19.4. The second kappa shape index (κ2) is 15.4. The number of rotatable bonds is 15. The van der Waals surface area contributed by atoms with Gasteiger partial charge < -0.3 is 19.7 Å². The third kappa shape index (κ3) is 10.9. The Morgan fingerprint density at radius 2 is 1.68 bits per heavy atom. The molecule has 168 valence electrons. The molecule has 0 bridgehead atoms. The lowest BCUT2D eigenvalue weighted by Gasteiger charge is -2.19. The molecule has 0 aliphatic rings. The van der Waals surface area contributed by atoms with Gasteiger partial charge in [0.2, 0.25) is 5.91 Å². The highest BCUT2D eigenvalue weighted by molar-refractivity contribution is 7.99. The molecule has 31 heavy (non-hydrogen) atoms. The second-order valence-electron chi connectivity index (χ2n) is 6.97. The third-order valence-electron chi connectivity index (χ3n) is 4.54. The first-order valence-corrected chi connectivity index (χ1v) is 12.0. The quantitative estimate of drug-likeness (QED) is 0.405. The molecule has 0 atom stereocenters. The van der Waals surface area contributed by atoms with Crippen molar-refractivity contribution in [1.29, 1.82) is 0 Å². The fraction of sp³-hybridized carbons (Fsp3) is 0.400. The molecule has 1 amide bonds. The van der Waals surface area contributed by atoms with Gasteiger partial charge in [0.1, 0.15) is 18.1 Å². The number of likely N-dealkylation sites (N-methyl/N-ethyl adjacent to an activating group) is 1. The van der Waals surface area contributed by atoms with E-state index < -0.39 is 0 Å². The molecule has 0 radical (unpaired) electrons. The highest BCUT2D eigenvalue weighted by atomic mass is 32.2. The average Bonchev–Trinajstić information content (AvgIpc) is 2.80. The summed E-state index contributed by atoms with van der Waals surface area (Å²) in [6.45, 7) is 8.73. The van der Waals surface area contributed by atoms with E-state index in [9.17, 15) is 4.79 Å². The topological polar surface area (TPSA) is 50.8 Å². The van der Waals surface area contributed by atoms with Gasteiger partial charge in [-0.15, -0.1) is 11.8 Å². The van der Waals surface area contributed by atoms with Crippen molar-refractivity contribution in [2.24, 2.45) is 0 Å². The van der Waals surface area contributed by atoms with Crippen LogP contribution in [-0.4, -0.2) is 55.2 Å². The Hall–Kier alpha value is -2.44. The van der Waals surface area contributed by atoms with Crippen LogP contribution in [0.3, 0.4) is 0 Å². The molecule has 0 aromatic heterocycles. The van der Waals surface area contributed by atoms with Crippen LogP contribution < -0.4 is 14.8 Å². The molecule has 0 spiro atoms. The first-order chi connectivity index (χ1) is 15.2. The lowest BCUT2D eigenvalue weighted by molar-refractivity contribution is -0.117. The standard InChI is InChI=1S/C25H34N2O3S/c1-3-16-27(4-2)17-18-29-24-12-10-22(11-13-24)14-15-26-25(28)21-31-20-19-30-23-8-6-5-7-9-23/h5-15H,3-4,16-21H2,1-2H3,(H,26,28)/b15-14+. The fourth-order valence-electron chi connectivity index (χ4n) is 2.88. The van der Waals surface area contributed by atoms with Crippen LogP contribution >= 0.6 is 11.8 Å². The van der Waals surface area contributed by atoms with Gasteiger partial charge in [-0.1, -0.05) is 44.2 Å². The van der Waals surface area contributed by atoms with E-state index in [0.717, 1.165) is 48.9 Å². The maximum Gasteiger partial charge on any atom is 0.233 e. The minimum Gasteiger partial charge on any atom is -0.493 e.